The lowest BCUT2D eigenvalue weighted by Gasteiger charge is -2.13. The maximum atomic E-state index is 12.1. The molecule has 3 N–H and O–H groups in total. The van der Waals surface area contributed by atoms with Crippen LogP contribution in [-0.2, 0) is 0 Å². The molecule has 5 heteroatoms. The Bertz CT molecular complexity index is 590. The van der Waals surface area contributed by atoms with E-state index in [-0.39, 0.29) is 11.9 Å². The summed E-state index contributed by atoms with van der Waals surface area (Å²) in [7, 11) is 0. The van der Waals surface area contributed by atoms with Gasteiger partial charge in [0.2, 0.25) is 0 Å². The zero-order chi connectivity index (χ0) is 14.0. The van der Waals surface area contributed by atoms with E-state index in [1.165, 1.54) is 11.3 Å². The number of aryl methyl sites for hydroxylation is 1. The minimum Gasteiger partial charge on any atom is -0.398 e. The zero-order valence-corrected chi connectivity index (χ0v) is 13.1. The van der Waals surface area contributed by atoms with E-state index in [1.54, 1.807) is 6.07 Å². The van der Waals surface area contributed by atoms with Gasteiger partial charge in [-0.3, -0.25) is 4.79 Å². The number of nitrogen functional groups attached to an aromatic ring is 1. The molecule has 19 heavy (non-hydrogen) atoms. The van der Waals surface area contributed by atoms with Gasteiger partial charge in [-0.05, 0) is 37.6 Å². The fourth-order valence-electron chi connectivity index (χ4n) is 1.74. The summed E-state index contributed by atoms with van der Waals surface area (Å²) in [6.07, 6.45) is 0. The lowest BCUT2D eigenvalue weighted by Crippen LogP contribution is -2.25. The Balaban J connectivity index is 2.10. The zero-order valence-electron chi connectivity index (χ0n) is 10.7. The molecule has 1 atom stereocenters. The van der Waals surface area contributed by atoms with E-state index in [0.717, 1.165) is 14.9 Å². The number of carbonyl (C=O) groups excluding carboxylic acids is 1. The Hall–Kier alpha value is -1.33. The van der Waals surface area contributed by atoms with Gasteiger partial charge in [0.25, 0.3) is 5.91 Å². The van der Waals surface area contributed by atoms with E-state index in [9.17, 15) is 4.79 Å². The summed E-state index contributed by atoms with van der Waals surface area (Å²) in [6, 6.07) is 9.58. The van der Waals surface area contributed by atoms with Gasteiger partial charge in [-0.25, -0.2) is 0 Å². The van der Waals surface area contributed by atoms with Gasteiger partial charge < -0.3 is 11.1 Å². The van der Waals surface area contributed by atoms with Gasteiger partial charge in [0, 0.05) is 15.0 Å². The van der Waals surface area contributed by atoms with E-state index >= 15 is 0 Å². The number of hydrogen-bond acceptors (Lipinski definition) is 3. The summed E-state index contributed by atoms with van der Waals surface area (Å²) >= 11 is 4.84. The molecule has 100 valence electrons. The standard InChI is InChI=1S/C14H15BrN2OS/c1-8(10-4-3-5-11(15)6-10)17-14(18)13-7-12(16)9(2)19-13/h3-8H,16H2,1-2H3,(H,17,18). The molecule has 2 rings (SSSR count). The maximum Gasteiger partial charge on any atom is 0.261 e. The highest BCUT2D eigenvalue weighted by atomic mass is 79.9. The number of halogens is 1. The number of carbonyl (C=O) groups is 1. The molecule has 0 bridgehead atoms. The molecule has 1 amide bonds. The third kappa shape index (κ3) is 3.36. The minimum absolute atomic E-state index is 0.0476. The number of thiophene rings is 1. The van der Waals surface area contributed by atoms with Crippen LogP contribution in [0, 0.1) is 6.92 Å². The smallest absolute Gasteiger partial charge is 0.261 e. The second-order valence-corrected chi connectivity index (χ2v) is 6.54. The molecule has 2 aromatic rings. The van der Waals surface area contributed by atoms with Crippen LogP contribution >= 0.6 is 27.3 Å². The van der Waals surface area contributed by atoms with Gasteiger partial charge in [-0.1, -0.05) is 28.1 Å². The first-order valence-electron chi connectivity index (χ1n) is 5.89. The molecule has 1 heterocycles. The van der Waals surface area contributed by atoms with E-state index in [0.29, 0.717) is 10.6 Å². The third-order valence-electron chi connectivity index (χ3n) is 2.88. The van der Waals surface area contributed by atoms with Gasteiger partial charge in [-0.2, -0.15) is 0 Å². The van der Waals surface area contributed by atoms with E-state index in [2.05, 4.69) is 21.2 Å². The van der Waals surface area contributed by atoms with Crippen LogP contribution in [0.1, 0.15) is 33.1 Å². The van der Waals surface area contributed by atoms with Crippen molar-refractivity contribution in [1.82, 2.24) is 5.32 Å². The SMILES string of the molecule is Cc1sc(C(=O)NC(C)c2cccc(Br)c2)cc1N. The molecule has 0 spiro atoms. The predicted molar refractivity (Wildman–Crippen MR) is 83.5 cm³/mol. The predicted octanol–water partition coefficient (Wildman–Crippen LogP) is 3.89. The van der Waals surface area contributed by atoms with Crippen LogP contribution in [0.4, 0.5) is 5.69 Å². The van der Waals surface area contributed by atoms with Crippen LogP contribution in [0.25, 0.3) is 0 Å². The van der Waals surface area contributed by atoms with Crippen molar-refractivity contribution in [1.29, 1.82) is 0 Å². The normalized spacial score (nSPS) is 12.2. The van der Waals surface area contributed by atoms with Crippen molar-refractivity contribution in [2.45, 2.75) is 19.9 Å². The molecule has 0 aliphatic rings. The molecule has 0 radical (unpaired) electrons. The topological polar surface area (TPSA) is 55.1 Å². The average Bonchev–Trinajstić information content (AvgIpc) is 2.69. The van der Waals surface area contributed by atoms with Crippen LogP contribution in [0.3, 0.4) is 0 Å². The number of rotatable bonds is 3. The Morgan fingerprint density at radius 3 is 2.74 bits per heavy atom. The molecule has 1 aromatic carbocycles. The summed E-state index contributed by atoms with van der Waals surface area (Å²) < 4.78 is 1.00. The summed E-state index contributed by atoms with van der Waals surface area (Å²) in [5, 5.41) is 2.98. The van der Waals surface area contributed by atoms with E-state index < -0.39 is 0 Å². The molecule has 1 unspecified atom stereocenters. The molecule has 0 saturated heterocycles. The number of hydrogen-bond donors (Lipinski definition) is 2. The summed E-state index contributed by atoms with van der Waals surface area (Å²) in [6.45, 7) is 3.87. The molecule has 0 fully saturated rings. The highest BCUT2D eigenvalue weighted by molar-refractivity contribution is 9.10. The van der Waals surface area contributed by atoms with Crippen molar-refractivity contribution in [2.75, 3.05) is 5.73 Å². The second-order valence-electron chi connectivity index (χ2n) is 4.37. The quantitative estimate of drug-likeness (QED) is 0.891. The summed E-state index contributed by atoms with van der Waals surface area (Å²) in [5.41, 5.74) is 7.50. The first-order valence-corrected chi connectivity index (χ1v) is 7.50. The van der Waals surface area contributed by atoms with Gasteiger partial charge in [0.15, 0.2) is 0 Å². The van der Waals surface area contributed by atoms with Gasteiger partial charge in [0.05, 0.1) is 10.9 Å². The fraction of sp³-hybridized carbons (Fsp3) is 0.214. The monoisotopic (exact) mass is 338 g/mol. The number of benzene rings is 1. The summed E-state index contributed by atoms with van der Waals surface area (Å²) in [4.78, 5) is 13.7. The first kappa shape index (κ1) is 14.1. The fourth-order valence-corrected chi connectivity index (χ4v) is 3.00. The Morgan fingerprint density at radius 1 is 1.42 bits per heavy atom. The van der Waals surface area contributed by atoms with E-state index in [4.69, 9.17) is 5.73 Å². The lowest BCUT2D eigenvalue weighted by molar-refractivity contribution is 0.0944. The van der Waals surface area contributed by atoms with Crippen molar-refractivity contribution in [2.24, 2.45) is 0 Å². The Kier molecular flexibility index (Phi) is 4.27. The molecule has 3 nitrogen and oxygen atoms in total. The highest BCUT2D eigenvalue weighted by Gasteiger charge is 2.14. The van der Waals surface area contributed by atoms with Crippen molar-refractivity contribution < 1.29 is 4.79 Å². The minimum atomic E-state index is -0.0859. The lowest BCUT2D eigenvalue weighted by atomic mass is 10.1. The van der Waals surface area contributed by atoms with Crippen molar-refractivity contribution in [3.05, 3.63) is 50.1 Å². The van der Waals surface area contributed by atoms with Gasteiger partial charge >= 0.3 is 0 Å². The van der Waals surface area contributed by atoms with Crippen LogP contribution < -0.4 is 11.1 Å². The molecule has 0 aliphatic heterocycles. The van der Waals surface area contributed by atoms with Crippen molar-refractivity contribution in [3.63, 3.8) is 0 Å². The third-order valence-corrected chi connectivity index (χ3v) is 4.43. The Morgan fingerprint density at radius 2 is 2.16 bits per heavy atom. The van der Waals surface area contributed by atoms with Crippen LogP contribution in [0.15, 0.2) is 34.8 Å². The molecular formula is C14H15BrN2OS. The number of amides is 1. The molecule has 0 aliphatic carbocycles. The summed E-state index contributed by atoms with van der Waals surface area (Å²) in [5.74, 6) is -0.0859. The Labute approximate surface area is 125 Å². The molecular weight excluding hydrogens is 324 g/mol. The first-order chi connectivity index (χ1) is 8.97. The van der Waals surface area contributed by atoms with Crippen molar-refractivity contribution >= 4 is 38.9 Å². The van der Waals surface area contributed by atoms with E-state index in [1.807, 2.05) is 38.1 Å². The molecule has 1 aromatic heterocycles. The average molecular weight is 339 g/mol. The maximum absolute atomic E-state index is 12.1. The van der Waals surface area contributed by atoms with Crippen LogP contribution in [0.5, 0.6) is 0 Å². The second kappa shape index (κ2) is 5.75. The molecule has 0 saturated carbocycles. The number of anilines is 1. The van der Waals surface area contributed by atoms with Crippen molar-refractivity contribution in [3.8, 4) is 0 Å². The van der Waals surface area contributed by atoms with Crippen LogP contribution in [0.2, 0.25) is 0 Å². The van der Waals surface area contributed by atoms with Crippen LogP contribution in [-0.4, -0.2) is 5.91 Å². The number of nitrogens with one attached hydrogen (secondary N) is 1. The van der Waals surface area contributed by atoms with Gasteiger partial charge in [-0.15, -0.1) is 11.3 Å². The highest BCUT2D eigenvalue weighted by Crippen LogP contribution is 2.24. The largest absolute Gasteiger partial charge is 0.398 e. The number of nitrogens with two attached hydrogens (primary N) is 1. The van der Waals surface area contributed by atoms with Gasteiger partial charge in [0.1, 0.15) is 0 Å².